The van der Waals surface area contributed by atoms with Gasteiger partial charge in [0.2, 0.25) is 5.91 Å². The van der Waals surface area contributed by atoms with Crippen molar-refractivity contribution in [3.05, 3.63) is 54.2 Å². The Hall–Kier alpha value is -2.36. The molecule has 2 aromatic rings. The molecular formula is C21H30IN5O2. The molecule has 3 N–H and O–H groups in total. The number of nitrogens with one attached hydrogen (secondary N) is 3. The minimum Gasteiger partial charge on any atom is -0.494 e. The van der Waals surface area contributed by atoms with Gasteiger partial charge in [0.1, 0.15) is 11.6 Å². The number of guanidine groups is 1. The molecule has 1 amide bonds. The number of pyridine rings is 1. The van der Waals surface area contributed by atoms with Crippen molar-refractivity contribution in [2.45, 2.75) is 26.7 Å². The lowest BCUT2D eigenvalue weighted by Gasteiger charge is -2.11. The number of aromatic nitrogens is 1. The Morgan fingerprint density at radius 2 is 1.93 bits per heavy atom. The minimum atomic E-state index is -0.0871. The number of para-hydroxylation sites is 1. The molecule has 0 aliphatic rings. The van der Waals surface area contributed by atoms with Gasteiger partial charge in [-0.3, -0.25) is 9.79 Å². The van der Waals surface area contributed by atoms with Gasteiger partial charge in [0.05, 0.1) is 6.61 Å². The van der Waals surface area contributed by atoms with Crippen molar-refractivity contribution in [2.24, 2.45) is 4.99 Å². The molecule has 2 rings (SSSR count). The molecule has 1 aromatic carbocycles. The zero-order valence-electron chi connectivity index (χ0n) is 17.0. The molecule has 8 heteroatoms. The minimum absolute atomic E-state index is 0. The van der Waals surface area contributed by atoms with E-state index in [1.54, 1.807) is 12.3 Å². The van der Waals surface area contributed by atoms with E-state index in [9.17, 15) is 4.79 Å². The van der Waals surface area contributed by atoms with E-state index in [2.05, 4.69) is 25.9 Å². The molecule has 1 aromatic heterocycles. The van der Waals surface area contributed by atoms with Crippen molar-refractivity contribution in [2.75, 3.05) is 31.6 Å². The Kier molecular flexibility index (Phi) is 12.4. The lowest BCUT2D eigenvalue weighted by Crippen LogP contribution is -2.38. The van der Waals surface area contributed by atoms with Crippen LogP contribution in [0.2, 0.25) is 0 Å². The summed E-state index contributed by atoms with van der Waals surface area (Å²) < 4.78 is 5.66. The number of benzene rings is 1. The van der Waals surface area contributed by atoms with Crippen molar-refractivity contribution in [1.29, 1.82) is 0 Å². The Labute approximate surface area is 189 Å². The summed E-state index contributed by atoms with van der Waals surface area (Å²) in [5.41, 5.74) is 1.06. The van der Waals surface area contributed by atoms with Crippen molar-refractivity contribution < 1.29 is 9.53 Å². The van der Waals surface area contributed by atoms with Crippen LogP contribution >= 0.6 is 24.0 Å². The van der Waals surface area contributed by atoms with E-state index in [0.717, 1.165) is 24.3 Å². The summed E-state index contributed by atoms with van der Waals surface area (Å²) >= 11 is 0. The molecule has 0 aliphatic carbocycles. The third-order valence-electron chi connectivity index (χ3n) is 3.75. The van der Waals surface area contributed by atoms with Gasteiger partial charge in [-0.1, -0.05) is 24.3 Å². The summed E-state index contributed by atoms with van der Waals surface area (Å²) in [6, 6.07) is 13.4. The molecule has 0 atom stereocenters. The maximum absolute atomic E-state index is 12.0. The maximum atomic E-state index is 12.0. The zero-order valence-corrected chi connectivity index (χ0v) is 19.3. The normalized spacial score (nSPS) is 10.6. The molecule has 0 saturated heterocycles. The van der Waals surface area contributed by atoms with Crippen LogP contribution in [0.4, 0.5) is 5.82 Å². The number of rotatable bonds is 10. The third kappa shape index (κ3) is 10.7. The number of nitrogens with zero attached hydrogens (tertiary/aromatic N) is 2. The summed E-state index contributed by atoms with van der Waals surface area (Å²) in [6.07, 6.45) is 2.87. The highest BCUT2D eigenvalue weighted by Crippen LogP contribution is 2.08. The van der Waals surface area contributed by atoms with Gasteiger partial charge in [0.15, 0.2) is 5.96 Å². The number of carbonyl (C=O) groups is 1. The van der Waals surface area contributed by atoms with E-state index >= 15 is 0 Å². The average Bonchev–Trinajstić information content (AvgIpc) is 2.70. The second-order valence-electron chi connectivity index (χ2n) is 6.22. The number of anilines is 1. The van der Waals surface area contributed by atoms with Gasteiger partial charge in [0, 0.05) is 38.7 Å². The van der Waals surface area contributed by atoms with E-state index in [1.165, 1.54) is 0 Å². The highest BCUT2D eigenvalue weighted by molar-refractivity contribution is 14.0. The van der Waals surface area contributed by atoms with Gasteiger partial charge in [-0.25, -0.2) is 4.98 Å². The lowest BCUT2D eigenvalue weighted by atomic mass is 10.3. The Morgan fingerprint density at radius 3 is 2.62 bits per heavy atom. The maximum Gasteiger partial charge on any atom is 0.227 e. The van der Waals surface area contributed by atoms with Gasteiger partial charge < -0.3 is 20.7 Å². The van der Waals surface area contributed by atoms with Crippen molar-refractivity contribution >= 4 is 41.7 Å². The van der Waals surface area contributed by atoms with Gasteiger partial charge in [0.25, 0.3) is 0 Å². The zero-order chi connectivity index (χ0) is 20.0. The predicted octanol–water partition coefficient (Wildman–Crippen LogP) is 3.36. The number of hydrogen-bond donors (Lipinski definition) is 3. The molecule has 0 radical (unpaired) electrons. The van der Waals surface area contributed by atoms with E-state index < -0.39 is 0 Å². The molecule has 0 fully saturated rings. The summed E-state index contributed by atoms with van der Waals surface area (Å²) in [4.78, 5) is 20.7. The molecule has 0 spiro atoms. The predicted molar refractivity (Wildman–Crippen MR) is 128 cm³/mol. The number of aryl methyl sites for hydroxylation is 1. The number of amides is 1. The second-order valence-corrected chi connectivity index (χ2v) is 6.22. The number of aliphatic imine (C=N–C) groups is 1. The van der Waals surface area contributed by atoms with E-state index in [0.29, 0.717) is 37.9 Å². The quantitative estimate of drug-likeness (QED) is 0.197. The smallest absolute Gasteiger partial charge is 0.227 e. The third-order valence-corrected chi connectivity index (χ3v) is 3.75. The monoisotopic (exact) mass is 511 g/mol. The summed E-state index contributed by atoms with van der Waals surface area (Å²) in [5, 5.41) is 9.13. The summed E-state index contributed by atoms with van der Waals surface area (Å²) in [5.74, 6) is 2.04. The van der Waals surface area contributed by atoms with Crippen LogP contribution in [0.15, 0.2) is 53.7 Å². The van der Waals surface area contributed by atoms with Gasteiger partial charge in [-0.15, -0.1) is 24.0 Å². The SMILES string of the molecule is CCNC(=NCCCOc1ccccc1)NCCC(=O)Nc1ccc(C)cn1.I. The number of hydrogen-bond acceptors (Lipinski definition) is 4. The van der Waals surface area contributed by atoms with Gasteiger partial charge in [-0.05, 0) is 37.6 Å². The first-order chi connectivity index (χ1) is 13.7. The fourth-order valence-electron chi connectivity index (χ4n) is 2.35. The second kappa shape index (κ2) is 14.6. The standard InChI is InChI=1S/C21H29N5O2.HI/c1-3-22-21(23-13-7-15-28-18-8-5-4-6-9-18)24-14-12-20(27)26-19-11-10-17(2)16-25-19;/h4-6,8-11,16H,3,7,12-15H2,1-2H3,(H2,22,23,24)(H,25,26,27);1H. The Balaban J connectivity index is 0.00000420. The molecule has 7 nitrogen and oxygen atoms in total. The van der Waals surface area contributed by atoms with Crippen molar-refractivity contribution in [3.8, 4) is 5.75 Å². The Morgan fingerprint density at radius 1 is 1.14 bits per heavy atom. The van der Waals surface area contributed by atoms with Crippen LogP contribution < -0.4 is 20.7 Å². The lowest BCUT2D eigenvalue weighted by molar-refractivity contribution is -0.116. The highest BCUT2D eigenvalue weighted by Gasteiger charge is 2.04. The van der Waals surface area contributed by atoms with E-state index in [4.69, 9.17) is 4.74 Å². The highest BCUT2D eigenvalue weighted by atomic mass is 127. The van der Waals surface area contributed by atoms with Crippen LogP contribution in [-0.2, 0) is 4.79 Å². The largest absolute Gasteiger partial charge is 0.494 e. The van der Waals surface area contributed by atoms with Crippen molar-refractivity contribution in [1.82, 2.24) is 15.6 Å². The number of ether oxygens (including phenoxy) is 1. The first-order valence-corrected chi connectivity index (χ1v) is 9.60. The first kappa shape index (κ1) is 24.7. The van der Waals surface area contributed by atoms with Crippen LogP contribution in [0.1, 0.15) is 25.3 Å². The van der Waals surface area contributed by atoms with Crippen molar-refractivity contribution in [3.63, 3.8) is 0 Å². The van der Waals surface area contributed by atoms with Crippen LogP contribution in [0.3, 0.4) is 0 Å². The molecule has 0 bridgehead atoms. The molecule has 29 heavy (non-hydrogen) atoms. The van der Waals surface area contributed by atoms with Crippen LogP contribution in [0, 0.1) is 6.92 Å². The van der Waals surface area contributed by atoms with E-state index in [1.807, 2.05) is 50.2 Å². The van der Waals surface area contributed by atoms with Crippen LogP contribution in [0.5, 0.6) is 5.75 Å². The molecule has 1 heterocycles. The molecule has 0 aliphatic heterocycles. The fourth-order valence-corrected chi connectivity index (χ4v) is 2.35. The average molecular weight is 511 g/mol. The van der Waals surface area contributed by atoms with Gasteiger partial charge in [-0.2, -0.15) is 0 Å². The number of carbonyl (C=O) groups excluding carboxylic acids is 1. The topological polar surface area (TPSA) is 87.6 Å². The first-order valence-electron chi connectivity index (χ1n) is 9.60. The molecule has 0 saturated carbocycles. The molecular weight excluding hydrogens is 481 g/mol. The van der Waals surface area contributed by atoms with E-state index in [-0.39, 0.29) is 29.9 Å². The van der Waals surface area contributed by atoms with Gasteiger partial charge >= 0.3 is 0 Å². The summed E-state index contributed by atoms with van der Waals surface area (Å²) in [7, 11) is 0. The summed E-state index contributed by atoms with van der Waals surface area (Å²) in [6.45, 7) is 6.46. The van der Waals surface area contributed by atoms with Crippen LogP contribution in [-0.4, -0.2) is 43.1 Å². The molecule has 0 unspecified atom stereocenters. The Bertz CT molecular complexity index is 738. The van der Waals surface area contributed by atoms with Crippen LogP contribution in [0.25, 0.3) is 0 Å². The molecule has 158 valence electrons. The fraction of sp³-hybridized carbons (Fsp3) is 0.381. The number of halogens is 1.